The van der Waals surface area contributed by atoms with Gasteiger partial charge in [-0.3, -0.25) is 14.4 Å². The number of anilines is 1. The third-order valence-corrected chi connectivity index (χ3v) is 6.96. The Morgan fingerprint density at radius 3 is 2.41 bits per heavy atom. The summed E-state index contributed by atoms with van der Waals surface area (Å²) in [6.45, 7) is 8.24. The van der Waals surface area contributed by atoms with E-state index in [1.807, 2.05) is 20.8 Å². The molecule has 0 spiro atoms. The summed E-state index contributed by atoms with van der Waals surface area (Å²) in [6.07, 6.45) is 3.70. The van der Waals surface area contributed by atoms with Crippen LogP contribution in [-0.4, -0.2) is 55.0 Å². The summed E-state index contributed by atoms with van der Waals surface area (Å²) in [5, 5.41) is 3.19. The topological polar surface area (TPSA) is 102 Å². The highest BCUT2D eigenvalue weighted by atomic mass is 32.1. The van der Waals surface area contributed by atoms with Crippen LogP contribution >= 0.6 is 11.3 Å². The normalized spacial score (nSPS) is 16.4. The van der Waals surface area contributed by atoms with Crippen LogP contribution in [-0.2, 0) is 36.7 Å². The van der Waals surface area contributed by atoms with Gasteiger partial charge < -0.3 is 19.7 Å². The molecule has 1 fully saturated rings. The van der Waals surface area contributed by atoms with Gasteiger partial charge in [0.15, 0.2) is 6.61 Å². The Kier molecular flexibility index (Phi) is 7.59. The summed E-state index contributed by atoms with van der Waals surface area (Å²) in [4.78, 5) is 52.5. The van der Waals surface area contributed by atoms with Crippen molar-refractivity contribution in [2.75, 3.05) is 31.6 Å². The average molecular weight is 465 g/mol. The fourth-order valence-corrected chi connectivity index (χ4v) is 5.41. The minimum Gasteiger partial charge on any atom is -0.462 e. The molecule has 1 N–H and O–H groups in total. The van der Waals surface area contributed by atoms with Crippen molar-refractivity contribution in [1.29, 1.82) is 0 Å². The molecular formula is C23H32N2O6S. The van der Waals surface area contributed by atoms with Gasteiger partial charge in [0, 0.05) is 23.4 Å². The lowest BCUT2D eigenvalue weighted by Gasteiger charge is -2.34. The number of thiophene rings is 1. The van der Waals surface area contributed by atoms with Crippen molar-refractivity contribution in [3.8, 4) is 0 Å². The van der Waals surface area contributed by atoms with E-state index in [2.05, 4.69) is 5.32 Å². The average Bonchev–Trinajstić information content (AvgIpc) is 3.31. The lowest BCUT2D eigenvalue weighted by Crippen LogP contribution is -2.45. The van der Waals surface area contributed by atoms with Gasteiger partial charge in [-0.15, -0.1) is 11.3 Å². The Morgan fingerprint density at radius 1 is 1.09 bits per heavy atom. The van der Waals surface area contributed by atoms with E-state index in [9.17, 15) is 19.2 Å². The SMILES string of the molecule is CCOC(=O)c1c(NC(=O)COC(=O)C2CCN(C(=O)C(C)(C)C)CC2)sc2c1CCC2. The Hall–Kier alpha value is -2.42. The van der Waals surface area contributed by atoms with Crippen molar-refractivity contribution in [2.24, 2.45) is 11.3 Å². The number of hydrogen-bond donors (Lipinski definition) is 1. The van der Waals surface area contributed by atoms with E-state index in [1.54, 1.807) is 11.8 Å². The molecule has 0 atom stereocenters. The molecule has 8 nitrogen and oxygen atoms in total. The van der Waals surface area contributed by atoms with Gasteiger partial charge in [-0.25, -0.2) is 4.79 Å². The third-order valence-electron chi connectivity index (χ3n) is 5.76. The largest absolute Gasteiger partial charge is 0.462 e. The lowest BCUT2D eigenvalue weighted by atomic mass is 9.91. The number of nitrogens with zero attached hydrogens (tertiary/aromatic N) is 1. The van der Waals surface area contributed by atoms with Crippen LogP contribution in [0.5, 0.6) is 0 Å². The highest BCUT2D eigenvalue weighted by Crippen LogP contribution is 2.39. The summed E-state index contributed by atoms with van der Waals surface area (Å²) in [6, 6.07) is 0. The second-order valence-corrected chi connectivity index (χ2v) is 10.4. The van der Waals surface area contributed by atoms with Crippen LogP contribution in [0, 0.1) is 11.3 Å². The number of esters is 2. The molecule has 0 bridgehead atoms. The first-order valence-electron chi connectivity index (χ1n) is 11.2. The van der Waals surface area contributed by atoms with Gasteiger partial charge in [0.05, 0.1) is 18.1 Å². The van der Waals surface area contributed by atoms with E-state index in [-0.39, 0.29) is 18.4 Å². The number of fused-ring (bicyclic) bond motifs is 1. The number of nitrogens with one attached hydrogen (secondary N) is 1. The van der Waals surface area contributed by atoms with Crippen molar-refractivity contribution in [3.05, 3.63) is 16.0 Å². The van der Waals surface area contributed by atoms with Crippen LogP contribution in [0.1, 0.15) is 67.8 Å². The van der Waals surface area contributed by atoms with Crippen LogP contribution in [0.25, 0.3) is 0 Å². The fourth-order valence-electron chi connectivity index (χ4n) is 4.12. The monoisotopic (exact) mass is 464 g/mol. The number of ether oxygens (including phenoxy) is 2. The summed E-state index contributed by atoms with van der Waals surface area (Å²) >= 11 is 1.39. The zero-order valence-corrected chi connectivity index (χ0v) is 20.1. The molecule has 0 saturated carbocycles. The standard InChI is InChI=1S/C23H32N2O6S/c1-5-30-21(28)18-15-7-6-8-16(15)32-19(18)24-17(26)13-31-20(27)14-9-11-25(12-10-14)22(29)23(2,3)4/h14H,5-13H2,1-4H3,(H,24,26). The zero-order valence-electron chi connectivity index (χ0n) is 19.2. The summed E-state index contributed by atoms with van der Waals surface area (Å²) in [5.74, 6) is -1.60. The quantitative estimate of drug-likeness (QED) is 0.649. The first kappa shape index (κ1) is 24.2. The van der Waals surface area contributed by atoms with Crippen molar-refractivity contribution in [1.82, 2.24) is 4.90 Å². The molecule has 32 heavy (non-hydrogen) atoms. The summed E-state index contributed by atoms with van der Waals surface area (Å²) < 4.78 is 10.4. The second kappa shape index (κ2) is 10.0. The third kappa shape index (κ3) is 5.49. The van der Waals surface area contributed by atoms with Crippen LogP contribution in [0.4, 0.5) is 5.00 Å². The van der Waals surface area contributed by atoms with Gasteiger partial charge in [-0.05, 0) is 44.6 Å². The summed E-state index contributed by atoms with van der Waals surface area (Å²) in [7, 11) is 0. The molecule has 0 unspecified atom stereocenters. The minimum atomic E-state index is -0.482. The zero-order chi connectivity index (χ0) is 23.5. The molecular weight excluding hydrogens is 432 g/mol. The Bertz CT molecular complexity index is 893. The highest BCUT2D eigenvalue weighted by Gasteiger charge is 2.33. The predicted octanol–water partition coefficient (Wildman–Crippen LogP) is 3.18. The van der Waals surface area contributed by atoms with E-state index in [1.165, 1.54) is 11.3 Å². The van der Waals surface area contributed by atoms with Crippen LogP contribution in [0.15, 0.2) is 0 Å². The van der Waals surface area contributed by atoms with Crippen LogP contribution < -0.4 is 5.32 Å². The van der Waals surface area contributed by atoms with Gasteiger partial charge >= 0.3 is 11.9 Å². The smallest absolute Gasteiger partial charge is 0.341 e. The first-order chi connectivity index (χ1) is 15.1. The van der Waals surface area contributed by atoms with E-state index >= 15 is 0 Å². The maximum Gasteiger partial charge on any atom is 0.341 e. The molecule has 2 heterocycles. The van der Waals surface area contributed by atoms with Crippen molar-refractivity contribution in [2.45, 2.75) is 59.8 Å². The number of carbonyl (C=O) groups is 4. The molecule has 1 aromatic heterocycles. The predicted molar refractivity (Wildman–Crippen MR) is 121 cm³/mol. The fraction of sp³-hybridized carbons (Fsp3) is 0.652. The molecule has 1 saturated heterocycles. The number of amides is 2. The van der Waals surface area contributed by atoms with E-state index in [0.29, 0.717) is 36.5 Å². The van der Waals surface area contributed by atoms with Crippen LogP contribution in [0.3, 0.4) is 0 Å². The molecule has 2 amide bonds. The molecule has 0 aromatic carbocycles. The van der Waals surface area contributed by atoms with E-state index < -0.39 is 29.9 Å². The van der Waals surface area contributed by atoms with Gasteiger partial charge in [-0.2, -0.15) is 0 Å². The molecule has 1 aliphatic carbocycles. The van der Waals surface area contributed by atoms with E-state index in [4.69, 9.17) is 9.47 Å². The Morgan fingerprint density at radius 2 is 1.78 bits per heavy atom. The highest BCUT2D eigenvalue weighted by molar-refractivity contribution is 7.17. The van der Waals surface area contributed by atoms with Crippen LogP contribution in [0.2, 0.25) is 0 Å². The molecule has 1 aliphatic heterocycles. The molecule has 1 aromatic rings. The maximum atomic E-state index is 12.4. The van der Waals surface area contributed by atoms with Gasteiger partial charge in [0.1, 0.15) is 5.00 Å². The minimum absolute atomic E-state index is 0.0731. The second-order valence-electron chi connectivity index (χ2n) is 9.25. The number of aryl methyl sites for hydroxylation is 1. The molecule has 176 valence electrons. The first-order valence-corrected chi connectivity index (χ1v) is 12.0. The lowest BCUT2D eigenvalue weighted by molar-refractivity contribution is -0.155. The van der Waals surface area contributed by atoms with Gasteiger partial charge in [-0.1, -0.05) is 20.8 Å². The molecule has 3 rings (SSSR count). The Balaban J connectivity index is 1.51. The molecule has 9 heteroatoms. The van der Waals surface area contributed by atoms with Gasteiger partial charge in [0.2, 0.25) is 5.91 Å². The van der Waals surface area contributed by atoms with Crippen molar-refractivity contribution >= 4 is 40.1 Å². The number of piperidine rings is 1. The molecule has 2 aliphatic rings. The number of rotatable bonds is 6. The maximum absolute atomic E-state index is 12.4. The molecule has 0 radical (unpaired) electrons. The number of carbonyl (C=O) groups excluding carboxylic acids is 4. The number of likely N-dealkylation sites (tertiary alicyclic amines) is 1. The van der Waals surface area contributed by atoms with Crippen molar-refractivity contribution in [3.63, 3.8) is 0 Å². The number of hydrogen-bond acceptors (Lipinski definition) is 7. The Labute approximate surface area is 192 Å². The van der Waals surface area contributed by atoms with Crippen molar-refractivity contribution < 1.29 is 28.7 Å². The van der Waals surface area contributed by atoms with Gasteiger partial charge in [0.25, 0.3) is 5.91 Å². The summed E-state index contributed by atoms with van der Waals surface area (Å²) in [5.41, 5.74) is 0.938. The van der Waals surface area contributed by atoms with E-state index in [0.717, 1.165) is 29.7 Å².